The first-order valence-electron chi connectivity index (χ1n) is 6.19. The largest absolute Gasteiger partial charge is 0.382 e. The lowest BCUT2D eigenvalue weighted by molar-refractivity contribution is 0.367. The van der Waals surface area contributed by atoms with E-state index in [1.54, 1.807) is 18.0 Å². The Morgan fingerprint density at radius 2 is 2.26 bits per heavy atom. The number of nitrogens with one attached hydrogen (secondary N) is 1. The zero-order valence-corrected chi connectivity index (χ0v) is 13.2. The van der Waals surface area contributed by atoms with Crippen LogP contribution < -0.4 is 10.9 Å². The lowest BCUT2D eigenvalue weighted by Crippen LogP contribution is -2.29. The summed E-state index contributed by atoms with van der Waals surface area (Å²) in [5.74, 6) is 1.08. The second-order valence-corrected chi connectivity index (χ2v) is 5.84. The van der Waals surface area contributed by atoms with Gasteiger partial charge in [-0.1, -0.05) is 11.6 Å². The molecule has 0 radical (unpaired) electrons. The van der Waals surface area contributed by atoms with Gasteiger partial charge in [-0.25, -0.2) is 4.68 Å². The van der Waals surface area contributed by atoms with Crippen LogP contribution in [0.3, 0.4) is 0 Å². The summed E-state index contributed by atoms with van der Waals surface area (Å²) in [7, 11) is 3.91. The third-order valence-corrected chi connectivity index (χ3v) is 3.65. The summed E-state index contributed by atoms with van der Waals surface area (Å²) in [5.41, 5.74) is 0.382. The van der Waals surface area contributed by atoms with Crippen LogP contribution in [0.1, 0.15) is 6.42 Å². The summed E-state index contributed by atoms with van der Waals surface area (Å²) in [5, 5.41) is 7.50. The van der Waals surface area contributed by atoms with Crippen molar-refractivity contribution >= 4 is 29.1 Å². The van der Waals surface area contributed by atoms with E-state index >= 15 is 0 Å². The Labute approximate surface area is 123 Å². The minimum absolute atomic E-state index is 0.220. The summed E-state index contributed by atoms with van der Waals surface area (Å²) in [4.78, 5) is 14.0. The highest BCUT2D eigenvalue weighted by Gasteiger charge is 2.08. The molecule has 0 bridgehead atoms. The van der Waals surface area contributed by atoms with Crippen LogP contribution in [-0.4, -0.2) is 53.9 Å². The molecule has 0 fully saturated rings. The van der Waals surface area contributed by atoms with Crippen molar-refractivity contribution in [3.63, 3.8) is 0 Å². The fraction of sp³-hybridized carbons (Fsp3) is 0.667. The van der Waals surface area contributed by atoms with Crippen molar-refractivity contribution in [2.45, 2.75) is 13.0 Å². The predicted molar refractivity (Wildman–Crippen MR) is 83.5 cm³/mol. The van der Waals surface area contributed by atoms with Crippen LogP contribution in [0.25, 0.3) is 0 Å². The molecular weight excluding hydrogens is 284 g/mol. The van der Waals surface area contributed by atoms with Gasteiger partial charge in [0.05, 0.1) is 18.4 Å². The topological polar surface area (TPSA) is 50.2 Å². The van der Waals surface area contributed by atoms with Crippen LogP contribution in [0.2, 0.25) is 5.02 Å². The van der Waals surface area contributed by atoms with Gasteiger partial charge in [-0.15, -0.1) is 0 Å². The van der Waals surface area contributed by atoms with Crippen LogP contribution in [0.5, 0.6) is 0 Å². The van der Waals surface area contributed by atoms with Crippen LogP contribution in [0.4, 0.5) is 5.69 Å². The van der Waals surface area contributed by atoms with Crippen molar-refractivity contribution < 1.29 is 0 Å². The molecule has 1 heterocycles. The first-order chi connectivity index (χ1) is 9.06. The summed E-state index contributed by atoms with van der Waals surface area (Å²) >= 11 is 7.87. The van der Waals surface area contributed by atoms with Gasteiger partial charge in [0.15, 0.2) is 0 Å². The van der Waals surface area contributed by atoms with E-state index in [1.807, 2.05) is 19.0 Å². The lowest BCUT2D eigenvalue weighted by Gasteiger charge is -2.12. The highest BCUT2D eigenvalue weighted by atomic mass is 35.5. The number of likely N-dealkylation sites (N-methyl/N-ethyl adjacent to an activating group) is 1. The number of hydrogen-bond acceptors (Lipinski definition) is 5. The first kappa shape index (κ1) is 16.3. The number of hydrogen-bond donors (Lipinski definition) is 1. The van der Waals surface area contributed by atoms with Gasteiger partial charge in [-0.2, -0.15) is 16.9 Å². The monoisotopic (exact) mass is 304 g/mol. The summed E-state index contributed by atoms with van der Waals surface area (Å²) < 4.78 is 1.40. The number of rotatable bonds is 8. The minimum Gasteiger partial charge on any atom is -0.382 e. The van der Waals surface area contributed by atoms with Gasteiger partial charge in [0.1, 0.15) is 5.02 Å². The van der Waals surface area contributed by atoms with Crippen molar-refractivity contribution in [1.29, 1.82) is 0 Å². The zero-order valence-electron chi connectivity index (χ0n) is 11.6. The van der Waals surface area contributed by atoms with E-state index in [0.717, 1.165) is 25.3 Å². The number of thioether (sulfide) groups is 1. The maximum atomic E-state index is 12.0. The predicted octanol–water partition coefficient (Wildman–Crippen LogP) is 1.62. The third-order valence-electron chi connectivity index (χ3n) is 2.58. The van der Waals surface area contributed by atoms with E-state index in [2.05, 4.69) is 16.7 Å². The smallest absolute Gasteiger partial charge is 0.287 e. The molecular formula is C12H21ClN4OS. The molecule has 19 heavy (non-hydrogen) atoms. The minimum atomic E-state index is -0.238. The molecule has 0 aliphatic carbocycles. The SMILES string of the molecule is CSCCCNc1cnn(CCN(C)C)c(=O)c1Cl. The molecule has 108 valence electrons. The van der Waals surface area contributed by atoms with Crippen molar-refractivity contribution in [3.05, 3.63) is 21.6 Å². The average Bonchev–Trinajstić information content (AvgIpc) is 2.38. The second-order valence-electron chi connectivity index (χ2n) is 4.48. The molecule has 1 aromatic heterocycles. The molecule has 1 aromatic rings. The molecule has 0 atom stereocenters. The Bertz CT molecular complexity index is 450. The number of halogens is 1. The van der Waals surface area contributed by atoms with Gasteiger partial charge in [0.2, 0.25) is 0 Å². The third kappa shape index (κ3) is 5.42. The Hall–Kier alpha value is -0.720. The molecule has 0 unspecified atom stereocenters. The Morgan fingerprint density at radius 1 is 1.53 bits per heavy atom. The van der Waals surface area contributed by atoms with Crippen LogP contribution >= 0.6 is 23.4 Å². The molecule has 0 amide bonds. The molecule has 0 aliphatic heterocycles. The average molecular weight is 305 g/mol. The number of aromatic nitrogens is 2. The fourth-order valence-electron chi connectivity index (χ4n) is 1.48. The fourth-order valence-corrected chi connectivity index (χ4v) is 2.13. The maximum absolute atomic E-state index is 12.0. The standard InChI is InChI=1S/C12H21ClN4OS/c1-16(2)6-7-17-12(18)11(13)10(9-15-17)14-5-4-8-19-3/h9,14H,4-8H2,1-3H3. The zero-order chi connectivity index (χ0) is 14.3. The summed E-state index contributed by atoms with van der Waals surface area (Å²) in [6, 6.07) is 0. The molecule has 5 nitrogen and oxygen atoms in total. The van der Waals surface area contributed by atoms with Gasteiger partial charge in [0.25, 0.3) is 5.56 Å². The van der Waals surface area contributed by atoms with Gasteiger partial charge in [0, 0.05) is 13.1 Å². The molecule has 0 spiro atoms. The first-order valence-corrected chi connectivity index (χ1v) is 7.96. The molecule has 7 heteroatoms. The normalized spacial score (nSPS) is 11.0. The molecule has 0 saturated carbocycles. The molecule has 0 aliphatic rings. The highest BCUT2D eigenvalue weighted by Crippen LogP contribution is 2.15. The number of nitrogens with zero attached hydrogens (tertiary/aromatic N) is 3. The van der Waals surface area contributed by atoms with Crippen molar-refractivity contribution in [3.8, 4) is 0 Å². The van der Waals surface area contributed by atoms with Gasteiger partial charge in [-0.3, -0.25) is 4.79 Å². The lowest BCUT2D eigenvalue weighted by atomic mass is 10.4. The van der Waals surface area contributed by atoms with Gasteiger partial charge in [-0.05, 0) is 32.5 Å². The molecule has 0 aromatic carbocycles. The van der Waals surface area contributed by atoms with Crippen LogP contribution in [0.15, 0.2) is 11.0 Å². The van der Waals surface area contributed by atoms with Crippen molar-refractivity contribution in [2.75, 3.05) is 44.5 Å². The van der Waals surface area contributed by atoms with E-state index in [9.17, 15) is 4.79 Å². The molecule has 1 rings (SSSR count). The second kappa shape index (κ2) is 8.45. The van der Waals surface area contributed by atoms with E-state index in [0.29, 0.717) is 12.2 Å². The van der Waals surface area contributed by atoms with Crippen LogP contribution in [0, 0.1) is 0 Å². The summed E-state index contributed by atoms with van der Waals surface area (Å²) in [6.45, 7) is 2.09. The van der Waals surface area contributed by atoms with Gasteiger partial charge >= 0.3 is 0 Å². The Morgan fingerprint density at radius 3 is 2.89 bits per heavy atom. The van der Waals surface area contributed by atoms with E-state index in [4.69, 9.17) is 11.6 Å². The quantitative estimate of drug-likeness (QED) is 0.740. The highest BCUT2D eigenvalue weighted by molar-refractivity contribution is 7.98. The number of anilines is 1. The Kier molecular flexibility index (Phi) is 7.27. The van der Waals surface area contributed by atoms with Crippen molar-refractivity contribution in [1.82, 2.24) is 14.7 Å². The Balaban J connectivity index is 2.66. The maximum Gasteiger partial charge on any atom is 0.287 e. The summed E-state index contributed by atoms with van der Waals surface area (Å²) in [6.07, 6.45) is 4.72. The van der Waals surface area contributed by atoms with Gasteiger partial charge < -0.3 is 10.2 Å². The van der Waals surface area contributed by atoms with E-state index < -0.39 is 0 Å². The molecule has 1 N–H and O–H groups in total. The van der Waals surface area contributed by atoms with E-state index in [1.165, 1.54) is 4.68 Å². The van der Waals surface area contributed by atoms with E-state index in [-0.39, 0.29) is 10.6 Å². The molecule has 0 saturated heterocycles. The van der Waals surface area contributed by atoms with Crippen molar-refractivity contribution in [2.24, 2.45) is 0 Å². The van der Waals surface area contributed by atoms with Crippen LogP contribution in [-0.2, 0) is 6.54 Å².